The van der Waals surface area contributed by atoms with Crippen LogP contribution in [0, 0.1) is 0 Å². The van der Waals surface area contributed by atoms with Gasteiger partial charge >= 0.3 is 5.97 Å². The number of nitrogens with one attached hydrogen (secondary N) is 1. The van der Waals surface area contributed by atoms with E-state index in [0.717, 1.165) is 16.0 Å². The van der Waals surface area contributed by atoms with E-state index < -0.39 is 5.97 Å². The average molecular weight is 395 g/mol. The van der Waals surface area contributed by atoms with Crippen LogP contribution in [0.1, 0.15) is 32.5 Å². The van der Waals surface area contributed by atoms with Crippen LogP contribution in [-0.2, 0) is 4.79 Å². The van der Waals surface area contributed by atoms with E-state index >= 15 is 0 Å². The summed E-state index contributed by atoms with van der Waals surface area (Å²) in [6.07, 6.45) is 0.189. The van der Waals surface area contributed by atoms with Crippen molar-refractivity contribution in [1.82, 2.24) is 0 Å². The number of rotatable bonds is 4. The van der Waals surface area contributed by atoms with Crippen molar-refractivity contribution in [2.45, 2.75) is 12.3 Å². The molecule has 3 N–H and O–H groups in total. The number of amides is 1. The number of carbonyl (C=O) groups is 2. The Morgan fingerprint density at radius 3 is 2.64 bits per heavy atom. The van der Waals surface area contributed by atoms with Crippen molar-refractivity contribution in [1.29, 1.82) is 0 Å². The predicted molar refractivity (Wildman–Crippen MR) is 106 cm³/mol. The number of benzene rings is 2. The van der Waals surface area contributed by atoms with Crippen molar-refractivity contribution < 1.29 is 24.5 Å². The number of hydrogen-bond acceptors (Lipinski definition) is 5. The fourth-order valence-electron chi connectivity index (χ4n) is 3.50. The topological polar surface area (TPSA) is 95.9 Å². The highest BCUT2D eigenvalue weighted by molar-refractivity contribution is 7.15. The summed E-state index contributed by atoms with van der Waals surface area (Å²) >= 11 is 1.17. The fraction of sp³-hybridized carbons (Fsp3) is 0.143. The Balaban J connectivity index is 1.92. The van der Waals surface area contributed by atoms with Crippen LogP contribution >= 0.6 is 11.3 Å². The van der Waals surface area contributed by atoms with Crippen LogP contribution in [0.5, 0.6) is 11.5 Å². The number of phenols is 1. The molecule has 142 valence electrons. The van der Waals surface area contributed by atoms with Gasteiger partial charge in [-0.3, -0.25) is 4.79 Å². The Labute approximate surface area is 165 Å². The van der Waals surface area contributed by atoms with E-state index in [1.54, 1.807) is 12.1 Å². The molecule has 0 fully saturated rings. The van der Waals surface area contributed by atoms with Gasteiger partial charge in [-0.05, 0) is 23.3 Å². The van der Waals surface area contributed by atoms with Gasteiger partial charge in [0.25, 0.3) is 0 Å². The minimum atomic E-state index is -1.03. The second-order valence-electron chi connectivity index (χ2n) is 6.45. The molecule has 0 radical (unpaired) electrons. The minimum Gasteiger partial charge on any atom is -0.504 e. The van der Waals surface area contributed by atoms with Crippen molar-refractivity contribution in [3.63, 3.8) is 0 Å². The number of aromatic hydroxyl groups is 1. The summed E-state index contributed by atoms with van der Waals surface area (Å²) in [5, 5.41) is 22.5. The maximum Gasteiger partial charge on any atom is 0.346 e. The summed E-state index contributed by atoms with van der Waals surface area (Å²) in [5.74, 6) is -1.22. The van der Waals surface area contributed by atoms with Crippen molar-refractivity contribution in [3.05, 3.63) is 63.8 Å². The first kappa shape index (κ1) is 18.1. The molecule has 1 aromatic heterocycles. The fourth-order valence-corrected chi connectivity index (χ4v) is 4.74. The Hall–Kier alpha value is -3.32. The lowest BCUT2D eigenvalue weighted by Gasteiger charge is -2.24. The quantitative estimate of drug-likeness (QED) is 0.612. The zero-order valence-electron chi connectivity index (χ0n) is 14.9. The summed E-state index contributed by atoms with van der Waals surface area (Å²) < 4.78 is 5.19. The van der Waals surface area contributed by atoms with Gasteiger partial charge in [-0.15, -0.1) is 11.3 Å². The second kappa shape index (κ2) is 7.01. The highest BCUT2D eigenvalue weighted by Gasteiger charge is 2.34. The summed E-state index contributed by atoms with van der Waals surface area (Å²) in [6, 6.07) is 14.1. The highest BCUT2D eigenvalue weighted by atomic mass is 32.1. The second-order valence-corrected chi connectivity index (χ2v) is 7.50. The third-order valence-electron chi connectivity index (χ3n) is 4.77. The van der Waals surface area contributed by atoms with Gasteiger partial charge in [0.15, 0.2) is 11.5 Å². The molecular formula is C21H17NO5S. The van der Waals surface area contributed by atoms with E-state index in [-0.39, 0.29) is 28.9 Å². The molecule has 0 bridgehead atoms. The Morgan fingerprint density at radius 1 is 1.21 bits per heavy atom. The first-order valence-electron chi connectivity index (χ1n) is 8.61. The van der Waals surface area contributed by atoms with Gasteiger partial charge in [0, 0.05) is 22.8 Å². The van der Waals surface area contributed by atoms with E-state index in [1.807, 2.05) is 30.3 Å². The molecule has 0 aliphatic carbocycles. The average Bonchev–Trinajstić information content (AvgIpc) is 3.08. The number of anilines is 1. The third kappa shape index (κ3) is 2.99. The largest absolute Gasteiger partial charge is 0.504 e. The molecule has 2 aromatic carbocycles. The van der Waals surface area contributed by atoms with Gasteiger partial charge in [-0.1, -0.05) is 36.4 Å². The molecular weight excluding hydrogens is 378 g/mol. The third-order valence-corrected chi connectivity index (χ3v) is 6.06. The molecule has 7 heteroatoms. The minimum absolute atomic E-state index is 0.00844. The number of methoxy groups -OCH3 is 1. The molecule has 0 spiro atoms. The normalized spacial score (nSPS) is 15.6. The number of aromatic carboxylic acids is 1. The lowest BCUT2D eigenvalue weighted by atomic mass is 9.88. The van der Waals surface area contributed by atoms with E-state index in [1.165, 1.54) is 24.5 Å². The zero-order valence-corrected chi connectivity index (χ0v) is 15.7. The lowest BCUT2D eigenvalue weighted by molar-refractivity contribution is -0.116. The van der Waals surface area contributed by atoms with Crippen molar-refractivity contribution in [3.8, 4) is 22.6 Å². The molecule has 3 aromatic rings. The summed E-state index contributed by atoms with van der Waals surface area (Å²) in [4.78, 5) is 25.4. The van der Waals surface area contributed by atoms with Crippen molar-refractivity contribution in [2.24, 2.45) is 0 Å². The van der Waals surface area contributed by atoms with Crippen molar-refractivity contribution >= 4 is 28.9 Å². The van der Waals surface area contributed by atoms with Gasteiger partial charge in [0.05, 0.1) is 12.8 Å². The van der Waals surface area contributed by atoms with Crippen LogP contribution in [0.3, 0.4) is 0 Å². The monoisotopic (exact) mass is 395 g/mol. The Morgan fingerprint density at radius 2 is 1.96 bits per heavy atom. The predicted octanol–water partition coefficient (Wildman–Crippen LogP) is 4.30. The highest BCUT2D eigenvalue weighted by Crippen LogP contribution is 2.50. The Bertz CT molecular complexity index is 1070. The maximum absolute atomic E-state index is 12.5. The number of phenolic OH excluding ortho intramolecular Hbond substituents is 1. The van der Waals surface area contributed by atoms with Gasteiger partial charge in [0.1, 0.15) is 4.88 Å². The van der Waals surface area contributed by atoms with Crippen LogP contribution in [-0.4, -0.2) is 29.2 Å². The van der Waals surface area contributed by atoms with Gasteiger partial charge < -0.3 is 20.3 Å². The van der Waals surface area contributed by atoms with Gasteiger partial charge in [-0.2, -0.15) is 0 Å². The van der Waals surface area contributed by atoms with E-state index in [9.17, 15) is 19.8 Å². The molecule has 1 aliphatic heterocycles. The standard InChI is InChI=1S/C21H17NO5S/c1-27-15-9-12(7-8-14(15)23)13-10-16(24)22-18-17(11-5-3-2-4-6-11)20(21(25)26)28-19(13)18/h2-9,13,23H,10H2,1H3,(H,22,24)(H,25,26). The van der Waals surface area contributed by atoms with Crippen LogP contribution < -0.4 is 10.1 Å². The first-order chi connectivity index (χ1) is 13.5. The maximum atomic E-state index is 12.5. The first-order valence-corrected chi connectivity index (χ1v) is 9.43. The van der Waals surface area contributed by atoms with Crippen LogP contribution in [0.15, 0.2) is 48.5 Å². The van der Waals surface area contributed by atoms with Crippen molar-refractivity contribution in [2.75, 3.05) is 12.4 Å². The van der Waals surface area contributed by atoms with E-state index in [4.69, 9.17) is 4.74 Å². The molecule has 0 saturated carbocycles. The summed E-state index contributed by atoms with van der Waals surface area (Å²) in [7, 11) is 1.46. The number of hydrogen-bond donors (Lipinski definition) is 3. The number of thiophene rings is 1. The lowest BCUT2D eigenvalue weighted by Crippen LogP contribution is -2.22. The van der Waals surface area contributed by atoms with E-state index in [2.05, 4.69) is 5.32 Å². The molecule has 6 nitrogen and oxygen atoms in total. The molecule has 0 saturated heterocycles. The molecule has 1 amide bonds. The van der Waals surface area contributed by atoms with E-state index in [0.29, 0.717) is 17.0 Å². The molecule has 28 heavy (non-hydrogen) atoms. The zero-order chi connectivity index (χ0) is 19.8. The SMILES string of the molecule is COc1cc(C2CC(=O)Nc3c2sc(C(=O)O)c3-c2ccccc2)ccc1O. The number of ether oxygens (including phenoxy) is 1. The molecule has 1 atom stereocenters. The van der Waals surface area contributed by atoms with Crippen LogP contribution in [0.2, 0.25) is 0 Å². The van der Waals surface area contributed by atoms with Crippen LogP contribution in [0.4, 0.5) is 5.69 Å². The number of carboxylic acid groups (broad SMARTS) is 1. The number of carbonyl (C=O) groups excluding carboxylic acids is 1. The van der Waals surface area contributed by atoms with Crippen LogP contribution in [0.25, 0.3) is 11.1 Å². The molecule has 4 rings (SSSR count). The molecule has 1 aliphatic rings. The smallest absolute Gasteiger partial charge is 0.346 e. The molecule has 2 heterocycles. The number of fused-ring (bicyclic) bond motifs is 1. The van der Waals surface area contributed by atoms with Gasteiger partial charge in [-0.25, -0.2) is 4.79 Å². The number of carboxylic acids is 1. The van der Waals surface area contributed by atoms with Gasteiger partial charge in [0.2, 0.25) is 5.91 Å². The Kier molecular flexibility index (Phi) is 4.52. The molecule has 1 unspecified atom stereocenters. The summed E-state index contributed by atoms with van der Waals surface area (Å²) in [5.41, 5.74) is 2.59. The summed E-state index contributed by atoms with van der Waals surface area (Å²) in [6.45, 7) is 0.